The summed E-state index contributed by atoms with van der Waals surface area (Å²) in [4.78, 5) is 19.1. The number of hydrogen-bond donors (Lipinski definition) is 0. The highest BCUT2D eigenvalue weighted by atomic mass is 16.5. The predicted molar refractivity (Wildman–Crippen MR) is 131 cm³/mol. The molecule has 0 radical (unpaired) electrons. The number of benzene rings is 2. The minimum atomic E-state index is -0.0709. The standard InChI is InChI=1S/C28H30N2O4/c1-32-25-11-6-22(7-12-25)10-15-28(31)30(20-24-4-2-16-29-18-24)19-23-8-13-26(14-9-23)34-21-27-5-3-17-33-27/h2,4,6-16,18,27H,3,5,17,19-21H2,1H3. The summed E-state index contributed by atoms with van der Waals surface area (Å²) in [6.45, 7) is 2.34. The molecule has 6 heteroatoms. The van der Waals surface area contributed by atoms with Crippen LogP contribution in [0.15, 0.2) is 79.1 Å². The van der Waals surface area contributed by atoms with E-state index in [-0.39, 0.29) is 12.0 Å². The third-order valence-corrected chi connectivity index (χ3v) is 5.70. The molecule has 0 bridgehead atoms. The van der Waals surface area contributed by atoms with E-state index in [1.54, 1.807) is 30.5 Å². The number of ether oxygens (including phenoxy) is 3. The summed E-state index contributed by atoms with van der Waals surface area (Å²) in [7, 11) is 1.63. The van der Waals surface area contributed by atoms with Crippen LogP contribution in [0.1, 0.15) is 29.5 Å². The fraction of sp³-hybridized carbons (Fsp3) is 0.286. The van der Waals surface area contributed by atoms with Crippen LogP contribution in [-0.4, -0.2) is 42.2 Å². The minimum Gasteiger partial charge on any atom is -0.497 e. The van der Waals surface area contributed by atoms with Gasteiger partial charge in [0.1, 0.15) is 18.1 Å². The van der Waals surface area contributed by atoms with Gasteiger partial charge in [0.05, 0.1) is 13.2 Å². The minimum absolute atomic E-state index is 0.0709. The zero-order chi connectivity index (χ0) is 23.6. The first-order valence-corrected chi connectivity index (χ1v) is 11.5. The van der Waals surface area contributed by atoms with E-state index in [2.05, 4.69) is 4.98 Å². The van der Waals surface area contributed by atoms with E-state index in [0.717, 1.165) is 47.6 Å². The van der Waals surface area contributed by atoms with Crippen molar-refractivity contribution in [2.45, 2.75) is 32.0 Å². The van der Waals surface area contributed by atoms with Gasteiger partial charge in [-0.05, 0) is 65.9 Å². The number of amides is 1. The first kappa shape index (κ1) is 23.5. The van der Waals surface area contributed by atoms with Gasteiger partial charge >= 0.3 is 0 Å². The Hall–Kier alpha value is -3.64. The van der Waals surface area contributed by atoms with Crippen LogP contribution in [0.2, 0.25) is 0 Å². The Kier molecular flexibility index (Phi) is 8.30. The summed E-state index contributed by atoms with van der Waals surface area (Å²) in [6, 6.07) is 19.3. The van der Waals surface area contributed by atoms with Crippen molar-refractivity contribution < 1.29 is 19.0 Å². The van der Waals surface area contributed by atoms with Gasteiger partial charge in [0, 0.05) is 38.2 Å². The van der Waals surface area contributed by atoms with Crippen LogP contribution in [0.3, 0.4) is 0 Å². The van der Waals surface area contributed by atoms with E-state index in [1.165, 1.54) is 0 Å². The Bertz CT molecular complexity index is 1060. The highest BCUT2D eigenvalue weighted by molar-refractivity contribution is 5.91. The van der Waals surface area contributed by atoms with Crippen molar-refractivity contribution in [1.29, 1.82) is 0 Å². The van der Waals surface area contributed by atoms with E-state index in [4.69, 9.17) is 14.2 Å². The second-order valence-electron chi connectivity index (χ2n) is 8.25. The molecule has 6 nitrogen and oxygen atoms in total. The van der Waals surface area contributed by atoms with Crippen molar-refractivity contribution in [3.8, 4) is 11.5 Å². The van der Waals surface area contributed by atoms with Crippen molar-refractivity contribution >= 4 is 12.0 Å². The Labute approximate surface area is 200 Å². The molecule has 3 aromatic rings. The van der Waals surface area contributed by atoms with Gasteiger partial charge in [-0.15, -0.1) is 0 Å². The monoisotopic (exact) mass is 458 g/mol. The third kappa shape index (κ3) is 6.93. The van der Waals surface area contributed by atoms with Gasteiger partial charge in [0.2, 0.25) is 5.91 Å². The molecule has 0 N–H and O–H groups in total. The van der Waals surface area contributed by atoms with Crippen molar-refractivity contribution in [3.63, 3.8) is 0 Å². The Morgan fingerprint density at radius 2 is 1.82 bits per heavy atom. The van der Waals surface area contributed by atoms with Gasteiger partial charge in [0.15, 0.2) is 0 Å². The van der Waals surface area contributed by atoms with Crippen LogP contribution >= 0.6 is 0 Å². The lowest BCUT2D eigenvalue weighted by atomic mass is 10.1. The number of nitrogens with zero attached hydrogens (tertiary/aromatic N) is 2. The smallest absolute Gasteiger partial charge is 0.247 e. The van der Waals surface area contributed by atoms with Crippen LogP contribution in [-0.2, 0) is 22.6 Å². The molecular formula is C28H30N2O4. The summed E-state index contributed by atoms with van der Waals surface area (Å²) in [5.74, 6) is 1.52. The highest BCUT2D eigenvalue weighted by Gasteiger charge is 2.16. The number of hydrogen-bond acceptors (Lipinski definition) is 5. The quantitative estimate of drug-likeness (QED) is 0.405. The normalized spacial score (nSPS) is 15.4. The van der Waals surface area contributed by atoms with E-state index in [0.29, 0.717) is 19.7 Å². The van der Waals surface area contributed by atoms with Crippen molar-refractivity contribution in [3.05, 3.63) is 95.8 Å². The fourth-order valence-electron chi connectivity index (χ4n) is 3.79. The van der Waals surface area contributed by atoms with Gasteiger partial charge in [-0.25, -0.2) is 0 Å². The molecular weight excluding hydrogens is 428 g/mol. The van der Waals surface area contributed by atoms with Gasteiger partial charge in [-0.1, -0.05) is 30.3 Å². The number of aromatic nitrogens is 1. The maximum atomic E-state index is 13.1. The molecule has 1 aromatic heterocycles. The summed E-state index contributed by atoms with van der Waals surface area (Å²) in [6.07, 6.45) is 9.28. The second-order valence-corrected chi connectivity index (χ2v) is 8.25. The maximum Gasteiger partial charge on any atom is 0.247 e. The van der Waals surface area contributed by atoms with E-state index in [9.17, 15) is 4.79 Å². The van der Waals surface area contributed by atoms with Gasteiger partial charge in [-0.2, -0.15) is 0 Å². The molecule has 0 saturated carbocycles. The maximum absolute atomic E-state index is 13.1. The first-order valence-electron chi connectivity index (χ1n) is 11.5. The van der Waals surface area contributed by atoms with E-state index in [1.807, 2.05) is 66.7 Å². The second kappa shape index (κ2) is 12.0. The number of rotatable bonds is 10. The molecule has 0 aliphatic carbocycles. The lowest BCUT2D eigenvalue weighted by molar-refractivity contribution is -0.127. The van der Waals surface area contributed by atoms with Crippen molar-refractivity contribution in [1.82, 2.24) is 9.88 Å². The molecule has 1 aliphatic heterocycles. The number of carbonyl (C=O) groups excluding carboxylic acids is 1. The van der Waals surface area contributed by atoms with Gasteiger partial charge in [-0.3, -0.25) is 9.78 Å². The molecule has 0 spiro atoms. The summed E-state index contributed by atoms with van der Waals surface area (Å²) in [5, 5.41) is 0. The van der Waals surface area contributed by atoms with Crippen molar-refractivity contribution in [2.75, 3.05) is 20.3 Å². The Morgan fingerprint density at radius 1 is 1.06 bits per heavy atom. The summed E-state index contributed by atoms with van der Waals surface area (Å²) >= 11 is 0. The molecule has 176 valence electrons. The van der Waals surface area contributed by atoms with Gasteiger partial charge < -0.3 is 19.1 Å². The van der Waals surface area contributed by atoms with Crippen LogP contribution in [0, 0.1) is 0 Å². The molecule has 4 rings (SSSR count). The Balaban J connectivity index is 1.42. The topological polar surface area (TPSA) is 60.9 Å². The molecule has 1 saturated heterocycles. The Morgan fingerprint density at radius 3 is 2.50 bits per heavy atom. The molecule has 1 aliphatic rings. The molecule has 34 heavy (non-hydrogen) atoms. The molecule has 1 unspecified atom stereocenters. The van der Waals surface area contributed by atoms with Crippen LogP contribution in [0.5, 0.6) is 11.5 Å². The zero-order valence-electron chi connectivity index (χ0n) is 19.4. The zero-order valence-corrected chi connectivity index (χ0v) is 19.4. The fourth-order valence-corrected chi connectivity index (χ4v) is 3.79. The third-order valence-electron chi connectivity index (χ3n) is 5.70. The molecule has 2 heterocycles. The lowest BCUT2D eigenvalue weighted by Crippen LogP contribution is -2.28. The number of methoxy groups -OCH3 is 1. The van der Waals surface area contributed by atoms with E-state index < -0.39 is 0 Å². The average molecular weight is 459 g/mol. The number of carbonyl (C=O) groups is 1. The highest BCUT2D eigenvalue weighted by Crippen LogP contribution is 2.19. The van der Waals surface area contributed by atoms with Crippen LogP contribution in [0.25, 0.3) is 6.08 Å². The molecule has 1 fully saturated rings. The summed E-state index contributed by atoms with van der Waals surface area (Å²) in [5.41, 5.74) is 2.94. The average Bonchev–Trinajstić information content (AvgIpc) is 3.41. The van der Waals surface area contributed by atoms with Crippen LogP contribution < -0.4 is 9.47 Å². The van der Waals surface area contributed by atoms with Crippen molar-refractivity contribution in [2.24, 2.45) is 0 Å². The van der Waals surface area contributed by atoms with Crippen LogP contribution in [0.4, 0.5) is 0 Å². The lowest BCUT2D eigenvalue weighted by Gasteiger charge is -2.22. The predicted octanol–water partition coefficient (Wildman–Crippen LogP) is 4.89. The summed E-state index contributed by atoms with van der Waals surface area (Å²) < 4.78 is 16.7. The van der Waals surface area contributed by atoms with E-state index >= 15 is 0 Å². The largest absolute Gasteiger partial charge is 0.497 e. The molecule has 1 atom stereocenters. The molecule has 2 aromatic carbocycles. The SMILES string of the molecule is COc1ccc(C=CC(=O)N(Cc2ccc(OCC3CCCO3)cc2)Cc2cccnc2)cc1. The first-order chi connectivity index (χ1) is 16.7. The number of pyridine rings is 1. The molecule has 1 amide bonds. The van der Waals surface area contributed by atoms with Gasteiger partial charge in [0.25, 0.3) is 0 Å².